The summed E-state index contributed by atoms with van der Waals surface area (Å²) in [6.45, 7) is 10.6. The number of nitrogens with one attached hydrogen (secondary N) is 1. The van der Waals surface area contributed by atoms with E-state index in [1.54, 1.807) is 0 Å². The number of aryl methyl sites for hydroxylation is 2. The molecule has 5 nitrogen and oxygen atoms in total. The van der Waals surface area contributed by atoms with Crippen LogP contribution in [-0.2, 0) is 0 Å². The van der Waals surface area contributed by atoms with E-state index in [2.05, 4.69) is 84.1 Å². The van der Waals surface area contributed by atoms with Crippen molar-refractivity contribution in [3.63, 3.8) is 0 Å². The Morgan fingerprint density at radius 3 is 2.33 bits per heavy atom. The van der Waals surface area contributed by atoms with Crippen LogP contribution in [0, 0.1) is 20.8 Å². The van der Waals surface area contributed by atoms with Crippen LogP contribution in [0.3, 0.4) is 0 Å². The molecule has 0 unspecified atom stereocenters. The summed E-state index contributed by atoms with van der Waals surface area (Å²) >= 11 is 5.93. The van der Waals surface area contributed by atoms with Crippen molar-refractivity contribution in [3.8, 4) is 11.4 Å². The average molecular weight is 497 g/mol. The molecule has 2 aromatic heterocycles. The van der Waals surface area contributed by atoms with Crippen LogP contribution in [0.4, 0.5) is 5.69 Å². The molecule has 6 heteroatoms. The maximum absolute atomic E-state index is 5.93. The Hall–Kier alpha value is -3.64. The molecule has 1 saturated heterocycles. The van der Waals surface area contributed by atoms with Gasteiger partial charge in [-0.3, -0.25) is 4.98 Å². The lowest BCUT2D eigenvalue weighted by Crippen LogP contribution is -2.29. The van der Waals surface area contributed by atoms with E-state index in [4.69, 9.17) is 21.9 Å². The maximum atomic E-state index is 5.93. The minimum atomic E-state index is -0.0869. The van der Waals surface area contributed by atoms with Gasteiger partial charge in [0.25, 0.3) is 0 Å². The van der Waals surface area contributed by atoms with Crippen LogP contribution < -0.4 is 15.0 Å². The number of benzene rings is 2. The number of hydrogen-bond acceptors (Lipinski definition) is 3. The number of anilines is 1. The first kappa shape index (κ1) is 24.1. The molecule has 2 atom stereocenters. The summed E-state index contributed by atoms with van der Waals surface area (Å²) in [6.07, 6.45) is 1.97. The molecule has 1 N–H and O–H groups in total. The van der Waals surface area contributed by atoms with Gasteiger partial charge in [0.2, 0.25) is 0 Å². The highest BCUT2D eigenvalue weighted by molar-refractivity contribution is 7.80. The Morgan fingerprint density at radius 2 is 1.67 bits per heavy atom. The van der Waals surface area contributed by atoms with Gasteiger partial charge in [0.15, 0.2) is 5.11 Å². The van der Waals surface area contributed by atoms with E-state index >= 15 is 0 Å². The van der Waals surface area contributed by atoms with Crippen molar-refractivity contribution in [2.75, 3.05) is 4.90 Å². The van der Waals surface area contributed by atoms with Crippen LogP contribution in [0.1, 0.15) is 54.1 Å². The predicted octanol–water partition coefficient (Wildman–Crippen LogP) is 6.76. The van der Waals surface area contributed by atoms with Crippen LogP contribution in [0.25, 0.3) is 5.69 Å². The van der Waals surface area contributed by atoms with Crippen molar-refractivity contribution in [1.82, 2.24) is 14.9 Å². The van der Waals surface area contributed by atoms with Crippen molar-refractivity contribution in [3.05, 3.63) is 107 Å². The molecule has 0 amide bonds. The fourth-order valence-electron chi connectivity index (χ4n) is 5.18. The van der Waals surface area contributed by atoms with E-state index in [1.165, 1.54) is 28.2 Å². The van der Waals surface area contributed by atoms with Crippen LogP contribution in [0.15, 0.2) is 79.0 Å². The fourth-order valence-corrected chi connectivity index (χ4v) is 5.52. The molecule has 0 bridgehead atoms. The number of aromatic nitrogens is 2. The van der Waals surface area contributed by atoms with E-state index < -0.39 is 0 Å². The van der Waals surface area contributed by atoms with Crippen molar-refractivity contribution < 1.29 is 4.74 Å². The Bertz CT molecular complexity index is 1380. The van der Waals surface area contributed by atoms with E-state index in [0.29, 0.717) is 5.11 Å². The Balaban J connectivity index is 1.64. The summed E-state index contributed by atoms with van der Waals surface area (Å²) in [5.74, 6) is 0.849. The lowest BCUT2D eigenvalue weighted by atomic mass is 9.96. The van der Waals surface area contributed by atoms with E-state index in [9.17, 15) is 0 Å². The number of rotatable bonds is 6. The zero-order chi connectivity index (χ0) is 25.4. The predicted molar refractivity (Wildman–Crippen MR) is 150 cm³/mol. The summed E-state index contributed by atoms with van der Waals surface area (Å²) in [5.41, 5.74) is 8.04. The third kappa shape index (κ3) is 4.37. The van der Waals surface area contributed by atoms with Gasteiger partial charge in [0, 0.05) is 29.0 Å². The molecular weight excluding hydrogens is 464 g/mol. The van der Waals surface area contributed by atoms with Crippen molar-refractivity contribution in [2.24, 2.45) is 0 Å². The van der Waals surface area contributed by atoms with E-state index in [-0.39, 0.29) is 18.2 Å². The van der Waals surface area contributed by atoms with Gasteiger partial charge in [-0.15, -0.1) is 0 Å². The SMILES string of the molecule is Cc1ccccc1-n1c(C)cc([C@H]2[C@@H](c3ccccn3)NC(=S)N2c2ccc(OC(C)C)cc2)c1C. The van der Waals surface area contributed by atoms with Crippen LogP contribution in [-0.4, -0.2) is 20.8 Å². The highest BCUT2D eigenvalue weighted by Gasteiger charge is 2.42. The molecule has 0 saturated carbocycles. The van der Waals surface area contributed by atoms with Gasteiger partial charge < -0.3 is 19.5 Å². The van der Waals surface area contributed by atoms with Crippen LogP contribution in [0.5, 0.6) is 5.75 Å². The molecule has 184 valence electrons. The maximum Gasteiger partial charge on any atom is 0.174 e. The molecule has 1 aliphatic rings. The van der Waals surface area contributed by atoms with Gasteiger partial charge in [0.1, 0.15) is 5.75 Å². The zero-order valence-corrected chi connectivity index (χ0v) is 22.2. The zero-order valence-electron chi connectivity index (χ0n) is 21.4. The van der Waals surface area contributed by atoms with Gasteiger partial charge in [-0.25, -0.2) is 0 Å². The summed E-state index contributed by atoms with van der Waals surface area (Å²) in [5, 5.41) is 4.26. The summed E-state index contributed by atoms with van der Waals surface area (Å²) in [4.78, 5) is 6.92. The van der Waals surface area contributed by atoms with E-state index in [1.807, 2.05) is 44.3 Å². The second-order valence-electron chi connectivity index (χ2n) is 9.61. The minimum absolute atomic E-state index is 0.0618. The number of thiocarbonyl (C=S) groups is 1. The molecule has 5 rings (SSSR count). The second kappa shape index (κ2) is 9.78. The number of pyridine rings is 1. The molecule has 1 aliphatic heterocycles. The van der Waals surface area contributed by atoms with Crippen molar-refractivity contribution in [2.45, 2.75) is 52.8 Å². The van der Waals surface area contributed by atoms with Gasteiger partial charge >= 0.3 is 0 Å². The lowest BCUT2D eigenvalue weighted by molar-refractivity contribution is 0.242. The molecule has 36 heavy (non-hydrogen) atoms. The van der Waals surface area contributed by atoms with Gasteiger partial charge in [-0.1, -0.05) is 24.3 Å². The highest BCUT2D eigenvalue weighted by Crippen LogP contribution is 2.44. The largest absolute Gasteiger partial charge is 0.491 e. The Kier molecular flexibility index (Phi) is 6.54. The average Bonchev–Trinajstić information content (AvgIpc) is 3.35. The molecule has 4 aromatic rings. The first-order chi connectivity index (χ1) is 17.3. The summed E-state index contributed by atoms with van der Waals surface area (Å²) in [7, 11) is 0. The fraction of sp³-hybridized carbons (Fsp3) is 0.267. The molecule has 1 fully saturated rings. The number of nitrogens with zero attached hydrogens (tertiary/aromatic N) is 3. The van der Waals surface area contributed by atoms with E-state index in [0.717, 1.165) is 17.1 Å². The molecule has 3 heterocycles. The molecule has 0 aliphatic carbocycles. The molecule has 0 spiro atoms. The standard InChI is InChI=1S/C30H32N4OS/c1-19(2)35-24-15-13-23(14-16-24)34-29(28(32-30(34)36)26-11-8-9-17-31-26)25-18-21(4)33(22(25)5)27-12-7-6-10-20(27)3/h6-19,28-29H,1-5H3,(H,32,36)/t28-,29+/m1/s1. The topological polar surface area (TPSA) is 42.3 Å². The van der Waals surface area contributed by atoms with Crippen molar-refractivity contribution in [1.29, 1.82) is 0 Å². The van der Waals surface area contributed by atoms with Gasteiger partial charge in [-0.2, -0.15) is 0 Å². The third-order valence-electron chi connectivity index (χ3n) is 6.73. The van der Waals surface area contributed by atoms with Crippen LogP contribution in [0.2, 0.25) is 0 Å². The first-order valence-electron chi connectivity index (χ1n) is 12.4. The number of ether oxygens (including phenoxy) is 1. The van der Waals surface area contributed by atoms with Gasteiger partial charge in [-0.05, 0) is 106 Å². The molecule has 0 radical (unpaired) electrons. The summed E-state index contributed by atoms with van der Waals surface area (Å²) in [6, 6.07) is 24.9. The normalized spacial score (nSPS) is 17.5. The van der Waals surface area contributed by atoms with Crippen molar-refractivity contribution >= 4 is 23.0 Å². The first-order valence-corrected chi connectivity index (χ1v) is 12.8. The molecule has 2 aromatic carbocycles. The summed E-state index contributed by atoms with van der Waals surface area (Å²) < 4.78 is 8.23. The number of hydrogen-bond donors (Lipinski definition) is 1. The third-order valence-corrected chi connectivity index (χ3v) is 7.04. The molecular formula is C30H32N4OS. The number of para-hydroxylation sites is 1. The van der Waals surface area contributed by atoms with Crippen LogP contribution >= 0.6 is 12.2 Å². The lowest BCUT2D eigenvalue weighted by Gasteiger charge is -2.28. The van der Waals surface area contributed by atoms with Gasteiger partial charge in [0.05, 0.1) is 23.9 Å². The Morgan fingerprint density at radius 1 is 0.944 bits per heavy atom. The Labute approximate surface area is 218 Å². The smallest absolute Gasteiger partial charge is 0.174 e. The minimum Gasteiger partial charge on any atom is -0.491 e. The quantitative estimate of drug-likeness (QED) is 0.299. The second-order valence-corrected chi connectivity index (χ2v) is 9.99. The highest BCUT2D eigenvalue weighted by atomic mass is 32.1. The monoisotopic (exact) mass is 496 g/mol.